The van der Waals surface area contributed by atoms with Gasteiger partial charge in [0.2, 0.25) is 0 Å². The molecule has 0 spiro atoms. The summed E-state index contributed by atoms with van der Waals surface area (Å²) in [4.78, 5) is 0. The zero-order chi connectivity index (χ0) is 8.69. The van der Waals surface area contributed by atoms with Crippen molar-refractivity contribution in [2.24, 2.45) is 0 Å². The maximum Gasteiger partial charge on any atom is 0.488 e. The molecule has 1 rings (SSSR count). The molecule has 0 aliphatic rings. The molecule has 11 heavy (non-hydrogen) atoms. The molecule has 0 aromatic heterocycles. The summed E-state index contributed by atoms with van der Waals surface area (Å²) in [5.74, 6) is 0. The summed E-state index contributed by atoms with van der Waals surface area (Å²) in [5.41, 5.74) is 0.525. The largest absolute Gasteiger partial charge is 0.488 e. The molecule has 1 aromatic carbocycles. The SMILES string of the molecule is CC.OB(O)c1ccccc1. The van der Waals surface area contributed by atoms with Gasteiger partial charge >= 0.3 is 7.12 Å². The molecule has 3 heteroatoms. The number of hydrogen-bond donors (Lipinski definition) is 2. The van der Waals surface area contributed by atoms with Gasteiger partial charge in [0.1, 0.15) is 0 Å². The minimum Gasteiger partial charge on any atom is -0.423 e. The van der Waals surface area contributed by atoms with E-state index in [0.717, 1.165) is 0 Å². The van der Waals surface area contributed by atoms with Gasteiger partial charge in [0.05, 0.1) is 0 Å². The lowest BCUT2D eigenvalue weighted by atomic mass is 9.81. The molecule has 60 valence electrons. The molecule has 0 heterocycles. The Morgan fingerprint density at radius 2 is 1.45 bits per heavy atom. The Bertz CT molecular complexity index is 175. The van der Waals surface area contributed by atoms with Crippen LogP contribution in [0.15, 0.2) is 30.3 Å². The van der Waals surface area contributed by atoms with E-state index in [1.807, 2.05) is 19.9 Å². The van der Waals surface area contributed by atoms with Crippen molar-refractivity contribution >= 4 is 12.6 Å². The summed E-state index contributed by atoms with van der Waals surface area (Å²) in [5, 5.41) is 17.2. The van der Waals surface area contributed by atoms with Gasteiger partial charge in [0.25, 0.3) is 0 Å². The van der Waals surface area contributed by atoms with Crippen LogP contribution in [-0.4, -0.2) is 17.2 Å². The maximum atomic E-state index is 8.58. The summed E-state index contributed by atoms with van der Waals surface area (Å²) in [6.45, 7) is 4.00. The Hall–Kier alpha value is -0.795. The monoisotopic (exact) mass is 152 g/mol. The second-order valence-electron chi connectivity index (χ2n) is 1.78. The van der Waals surface area contributed by atoms with E-state index >= 15 is 0 Å². The maximum absolute atomic E-state index is 8.58. The fourth-order valence-corrected chi connectivity index (χ4v) is 0.625. The highest BCUT2D eigenvalue weighted by Crippen LogP contribution is 1.82. The minimum atomic E-state index is -1.34. The smallest absolute Gasteiger partial charge is 0.423 e. The molecule has 0 amide bonds. The zero-order valence-electron chi connectivity index (χ0n) is 6.86. The minimum absolute atomic E-state index is 0.525. The summed E-state index contributed by atoms with van der Waals surface area (Å²) >= 11 is 0. The Kier molecular flexibility index (Phi) is 5.52. The van der Waals surface area contributed by atoms with Crippen LogP contribution in [0.5, 0.6) is 0 Å². The Morgan fingerprint density at radius 1 is 1.00 bits per heavy atom. The van der Waals surface area contributed by atoms with Crippen LogP contribution in [0.25, 0.3) is 0 Å². The lowest BCUT2D eigenvalue weighted by molar-refractivity contribution is 0.426. The van der Waals surface area contributed by atoms with E-state index in [0.29, 0.717) is 5.46 Å². The molecule has 0 unspecified atom stereocenters. The van der Waals surface area contributed by atoms with E-state index in [1.54, 1.807) is 24.3 Å². The van der Waals surface area contributed by atoms with E-state index in [4.69, 9.17) is 10.0 Å². The quantitative estimate of drug-likeness (QED) is 0.571. The molecule has 1 aromatic rings. The average Bonchev–Trinajstić information content (AvgIpc) is 2.10. The Labute approximate surface area is 67.6 Å². The van der Waals surface area contributed by atoms with Crippen LogP contribution in [0.3, 0.4) is 0 Å². The van der Waals surface area contributed by atoms with Crippen molar-refractivity contribution in [3.8, 4) is 0 Å². The van der Waals surface area contributed by atoms with Crippen LogP contribution in [0.2, 0.25) is 0 Å². The molecule has 0 saturated heterocycles. The second-order valence-corrected chi connectivity index (χ2v) is 1.78. The number of benzene rings is 1. The second kappa shape index (κ2) is 5.95. The van der Waals surface area contributed by atoms with E-state index in [-0.39, 0.29) is 0 Å². The zero-order valence-corrected chi connectivity index (χ0v) is 6.86. The van der Waals surface area contributed by atoms with Gasteiger partial charge in [-0.3, -0.25) is 0 Å². The fraction of sp³-hybridized carbons (Fsp3) is 0.250. The highest BCUT2D eigenvalue weighted by molar-refractivity contribution is 6.58. The molecule has 0 fully saturated rings. The van der Waals surface area contributed by atoms with E-state index in [2.05, 4.69) is 0 Å². The van der Waals surface area contributed by atoms with Gasteiger partial charge in [-0.05, 0) is 5.46 Å². The van der Waals surface area contributed by atoms with Gasteiger partial charge in [-0.2, -0.15) is 0 Å². The van der Waals surface area contributed by atoms with Crippen LogP contribution in [0.1, 0.15) is 13.8 Å². The first-order valence-corrected chi connectivity index (χ1v) is 3.72. The summed E-state index contributed by atoms with van der Waals surface area (Å²) in [7, 11) is -1.34. The molecule has 0 aliphatic heterocycles. The van der Waals surface area contributed by atoms with Gasteiger partial charge in [-0.15, -0.1) is 0 Å². The highest BCUT2D eigenvalue weighted by atomic mass is 16.4. The van der Waals surface area contributed by atoms with Crippen LogP contribution < -0.4 is 5.46 Å². The molecular weight excluding hydrogens is 139 g/mol. The lowest BCUT2D eigenvalue weighted by Gasteiger charge is -1.94. The predicted molar refractivity (Wildman–Crippen MR) is 47.6 cm³/mol. The molecule has 2 nitrogen and oxygen atoms in total. The summed E-state index contributed by atoms with van der Waals surface area (Å²) in [6.07, 6.45) is 0. The van der Waals surface area contributed by atoms with Crippen molar-refractivity contribution < 1.29 is 10.0 Å². The third-order valence-electron chi connectivity index (χ3n) is 1.10. The van der Waals surface area contributed by atoms with Crippen molar-refractivity contribution in [2.75, 3.05) is 0 Å². The standard InChI is InChI=1S/C6H7BO2.C2H6/c8-7(9)6-4-2-1-3-5-6;1-2/h1-5,8-9H;1-2H3. The molecular formula is C8H13BO2. The first-order chi connectivity index (χ1) is 5.30. The van der Waals surface area contributed by atoms with Gasteiger partial charge in [-0.25, -0.2) is 0 Å². The molecule has 0 saturated carbocycles. The molecule has 0 aliphatic carbocycles. The lowest BCUT2D eigenvalue weighted by Crippen LogP contribution is -2.29. The van der Waals surface area contributed by atoms with Crippen LogP contribution in [0, 0.1) is 0 Å². The van der Waals surface area contributed by atoms with E-state index in [1.165, 1.54) is 0 Å². The molecule has 0 bridgehead atoms. The van der Waals surface area contributed by atoms with Gasteiger partial charge in [0.15, 0.2) is 0 Å². The topological polar surface area (TPSA) is 40.5 Å². The van der Waals surface area contributed by atoms with Crippen molar-refractivity contribution in [1.82, 2.24) is 0 Å². The van der Waals surface area contributed by atoms with Gasteiger partial charge in [-0.1, -0.05) is 44.2 Å². The van der Waals surface area contributed by atoms with Crippen molar-refractivity contribution in [2.45, 2.75) is 13.8 Å². The molecule has 0 atom stereocenters. The van der Waals surface area contributed by atoms with E-state index < -0.39 is 7.12 Å². The fourth-order valence-electron chi connectivity index (χ4n) is 0.625. The van der Waals surface area contributed by atoms with Gasteiger partial charge in [0, 0.05) is 0 Å². The van der Waals surface area contributed by atoms with Crippen molar-refractivity contribution in [3.05, 3.63) is 30.3 Å². The molecule has 0 radical (unpaired) electrons. The van der Waals surface area contributed by atoms with Crippen LogP contribution >= 0.6 is 0 Å². The number of rotatable bonds is 1. The average molecular weight is 152 g/mol. The van der Waals surface area contributed by atoms with Crippen molar-refractivity contribution in [3.63, 3.8) is 0 Å². The third kappa shape index (κ3) is 3.81. The predicted octanol–water partition coefficient (Wildman–Crippen LogP) is 0.393. The Morgan fingerprint density at radius 3 is 1.73 bits per heavy atom. The van der Waals surface area contributed by atoms with Crippen LogP contribution in [0.4, 0.5) is 0 Å². The first-order valence-electron chi connectivity index (χ1n) is 3.72. The number of hydrogen-bond acceptors (Lipinski definition) is 2. The molecule has 2 N–H and O–H groups in total. The van der Waals surface area contributed by atoms with Gasteiger partial charge < -0.3 is 10.0 Å². The van der Waals surface area contributed by atoms with Crippen molar-refractivity contribution in [1.29, 1.82) is 0 Å². The Balaban J connectivity index is 0.000000461. The van der Waals surface area contributed by atoms with Crippen LogP contribution in [-0.2, 0) is 0 Å². The highest BCUT2D eigenvalue weighted by Gasteiger charge is 2.07. The third-order valence-corrected chi connectivity index (χ3v) is 1.10. The normalized spacial score (nSPS) is 8.00. The summed E-state index contributed by atoms with van der Waals surface area (Å²) in [6, 6.07) is 8.66. The van der Waals surface area contributed by atoms with E-state index in [9.17, 15) is 0 Å². The first kappa shape index (κ1) is 10.2. The summed E-state index contributed by atoms with van der Waals surface area (Å²) < 4.78 is 0.